The molecular weight excluding hydrogens is 782 g/mol. The topological polar surface area (TPSA) is 101 Å². The molecule has 3 aromatic heterocycles. The molecule has 0 atom stereocenters. The van der Waals surface area contributed by atoms with Crippen LogP contribution < -0.4 is 21.7 Å². The van der Waals surface area contributed by atoms with E-state index in [1.807, 2.05) is 84.9 Å². The molecule has 0 aliphatic heterocycles. The first-order valence-electron chi connectivity index (χ1n) is 20.1. The molecule has 60 heavy (non-hydrogen) atoms. The number of hydrogen-bond donors (Lipinski definition) is 4. The third-order valence-electron chi connectivity index (χ3n) is 9.72. The molecule has 5 N–H and O–H groups in total. The quantitative estimate of drug-likeness (QED) is 0.115. The lowest BCUT2D eigenvalue weighted by molar-refractivity contribution is 1.17. The van der Waals surface area contributed by atoms with E-state index < -0.39 is 0 Å². The average Bonchev–Trinajstić information content (AvgIpc) is 3.28. The molecule has 0 saturated heterocycles. The maximum absolute atomic E-state index is 6.14. The fraction of sp³-hybridized carbons (Fsp3) is 0.118. The lowest BCUT2D eigenvalue weighted by atomic mass is 10.0. The number of benzene rings is 6. The second-order valence-electron chi connectivity index (χ2n) is 13.9. The monoisotopic (exact) mass is 827 g/mol. The maximum Gasteiger partial charge on any atom is 0.127 e. The molecule has 0 spiro atoms. The summed E-state index contributed by atoms with van der Waals surface area (Å²) in [4.78, 5) is 13.7. The van der Waals surface area contributed by atoms with Crippen molar-refractivity contribution in [2.24, 2.45) is 0 Å². The third kappa shape index (κ3) is 10.1. The molecule has 0 unspecified atom stereocenters. The highest BCUT2D eigenvalue weighted by Crippen LogP contribution is 2.34. The molecule has 9 aromatic rings. The van der Waals surface area contributed by atoms with Gasteiger partial charge in [0.15, 0.2) is 0 Å². The predicted molar refractivity (Wildman–Crippen MR) is 258 cm³/mol. The van der Waals surface area contributed by atoms with Crippen LogP contribution in [0, 0.1) is 0 Å². The summed E-state index contributed by atoms with van der Waals surface area (Å²) in [6.45, 7) is 8.88. The molecular formula is C51H47Cl2N7. The number of nitrogens with zero attached hydrogens (tertiary/aromatic N) is 3. The number of nitrogen functional groups attached to an aromatic ring is 1. The number of hydrogen-bond acceptors (Lipinski definition) is 7. The van der Waals surface area contributed by atoms with Gasteiger partial charge in [-0.15, -0.1) is 0 Å². The Labute approximate surface area is 361 Å². The Kier molecular flexibility index (Phi) is 13.7. The molecule has 9 heteroatoms. The highest BCUT2D eigenvalue weighted by atomic mass is 35.5. The maximum atomic E-state index is 6.14. The van der Waals surface area contributed by atoms with Gasteiger partial charge in [-0.2, -0.15) is 0 Å². The van der Waals surface area contributed by atoms with E-state index in [-0.39, 0.29) is 0 Å². The molecule has 7 nitrogen and oxygen atoms in total. The second-order valence-corrected chi connectivity index (χ2v) is 14.8. The van der Waals surface area contributed by atoms with Crippen molar-refractivity contribution in [3.05, 3.63) is 174 Å². The van der Waals surface area contributed by atoms with Crippen LogP contribution in [0.15, 0.2) is 164 Å². The number of anilines is 4. The minimum atomic E-state index is 0.517. The largest absolute Gasteiger partial charge is 0.385 e. The number of halogens is 2. The van der Waals surface area contributed by atoms with Crippen LogP contribution >= 0.6 is 23.2 Å². The van der Waals surface area contributed by atoms with E-state index >= 15 is 0 Å². The van der Waals surface area contributed by atoms with Crippen molar-refractivity contribution in [1.29, 1.82) is 0 Å². The van der Waals surface area contributed by atoms with Crippen LogP contribution in [0.5, 0.6) is 0 Å². The minimum Gasteiger partial charge on any atom is -0.385 e. The molecule has 3 heterocycles. The molecule has 300 valence electrons. The summed E-state index contributed by atoms with van der Waals surface area (Å²) in [5.41, 5.74) is 16.7. The Morgan fingerprint density at radius 1 is 0.417 bits per heavy atom. The van der Waals surface area contributed by atoms with E-state index in [4.69, 9.17) is 33.9 Å². The Morgan fingerprint density at radius 2 is 0.800 bits per heavy atom. The first kappa shape index (κ1) is 41.5. The zero-order valence-electron chi connectivity index (χ0n) is 33.9. The van der Waals surface area contributed by atoms with Crippen LogP contribution in [0.2, 0.25) is 10.0 Å². The summed E-state index contributed by atoms with van der Waals surface area (Å²) in [5.74, 6) is 2.33. The predicted octanol–water partition coefficient (Wildman–Crippen LogP) is 13.9. The lowest BCUT2D eigenvalue weighted by Crippen LogP contribution is -2.01. The second kappa shape index (κ2) is 19.9. The summed E-state index contributed by atoms with van der Waals surface area (Å²) in [6.07, 6.45) is 0. The van der Waals surface area contributed by atoms with E-state index in [2.05, 4.69) is 126 Å². The molecule has 0 aliphatic carbocycles. The van der Waals surface area contributed by atoms with Crippen molar-refractivity contribution in [2.45, 2.75) is 20.8 Å². The smallest absolute Gasteiger partial charge is 0.127 e. The summed E-state index contributed by atoms with van der Waals surface area (Å²) >= 11 is 12.2. The van der Waals surface area contributed by atoms with Crippen LogP contribution in [0.25, 0.3) is 66.1 Å². The van der Waals surface area contributed by atoms with Crippen molar-refractivity contribution < 1.29 is 0 Å². The first-order valence-corrected chi connectivity index (χ1v) is 20.9. The number of pyridine rings is 3. The molecule has 6 aromatic carbocycles. The molecule has 9 rings (SSSR count). The van der Waals surface area contributed by atoms with Crippen molar-refractivity contribution in [2.75, 3.05) is 41.3 Å². The van der Waals surface area contributed by atoms with Crippen LogP contribution in [0.3, 0.4) is 0 Å². The van der Waals surface area contributed by atoms with Crippen molar-refractivity contribution in [1.82, 2.24) is 15.0 Å². The van der Waals surface area contributed by atoms with Gasteiger partial charge < -0.3 is 21.7 Å². The van der Waals surface area contributed by atoms with Gasteiger partial charge in [0, 0.05) is 51.5 Å². The fourth-order valence-electron chi connectivity index (χ4n) is 7.07. The number of fused-ring (bicyclic) bond motifs is 3. The normalized spacial score (nSPS) is 10.7. The summed E-state index contributed by atoms with van der Waals surface area (Å²) in [6, 6.07) is 54.8. The Morgan fingerprint density at radius 3 is 1.23 bits per heavy atom. The molecule has 0 aliphatic rings. The zero-order valence-corrected chi connectivity index (χ0v) is 35.4. The Balaban J connectivity index is 0.000000137. The lowest BCUT2D eigenvalue weighted by Gasteiger charge is -2.12. The van der Waals surface area contributed by atoms with Crippen LogP contribution in [-0.2, 0) is 0 Å². The zero-order chi connectivity index (χ0) is 41.8. The van der Waals surface area contributed by atoms with Gasteiger partial charge in [0.1, 0.15) is 17.5 Å². The number of aromatic nitrogens is 3. The number of rotatable bonds is 9. The van der Waals surface area contributed by atoms with Gasteiger partial charge in [-0.3, -0.25) is 0 Å². The molecule has 0 amide bonds. The third-order valence-corrected chi connectivity index (χ3v) is 10.2. The SMILES string of the molecule is CCNc1cc(-c2ccccc2)c2cc(Cl)ccc2n1.CCNc1ccc2nc(NCC)cc(-c3ccccc3)c2c1.Nc1cc(-c2ccccc2)c2cc(Cl)ccc2n1. The highest BCUT2D eigenvalue weighted by Gasteiger charge is 2.11. The van der Waals surface area contributed by atoms with Crippen LogP contribution in [0.4, 0.5) is 23.1 Å². The van der Waals surface area contributed by atoms with Gasteiger partial charge in [0.25, 0.3) is 0 Å². The first-order chi connectivity index (χ1) is 29.3. The van der Waals surface area contributed by atoms with Gasteiger partial charge >= 0.3 is 0 Å². The highest BCUT2D eigenvalue weighted by molar-refractivity contribution is 6.32. The fourth-order valence-corrected chi connectivity index (χ4v) is 7.41. The van der Waals surface area contributed by atoms with E-state index in [0.717, 1.165) is 86.0 Å². The number of nitrogens with two attached hydrogens (primary N) is 1. The Hall–Kier alpha value is -6.67. The number of nitrogens with one attached hydrogen (secondary N) is 3. The Bertz CT molecular complexity index is 2840. The summed E-state index contributed by atoms with van der Waals surface area (Å²) in [7, 11) is 0. The summed E-state index contributed by atoms with van der Waals surface area (Å²) in [5, 5.41) is 14.7. The standard InChI is InChI=1S/C19H21N3.C17H15ClN2.C15H11ClN2/c1-3-20-15-10-11-18-17(12-15)16(13-19(22-18)21-4-2)14-8-6-5-7-9-14;1-2-19-17-11-14(12-6-4-3-5-7-12)15-10-13(18)8-9-16(15)20-17;16-11-6-7-14-13(8-11)12(9-15(17)18-14)10-4-2-1-3-5-10/h5-13,20H,3-4H2,1-2H3,(H,21,22);3-11H,2H2,1H3,(H,19,20);1-9H,(H2,17,18). The van der Waals surface area contributed by atoms with Crippen LogP contribution in [0.1, 0.15) is 20.8 Å². The van der Waals surface area contributed by atoms with E-state index in [9.17, 15) is 0 Å². The minimum absolute atomic E-state index is 0.517. The van der Waals surface area contributed by atoms with E-state index in [1.54, 1.807) is 0 Å². The summed E-state index contributed by atoms with van der Waals surface area (Å²) < 4.78 is 0. The van der Waals surface area contributed by atoms with Crippen LogP contribution in [-0.4, -0.2) is 34.6 Å². The van der Waals surface area contributed by atoms with Crippen molar-refractivity contribution in [3.8, 4) is 33.4 Å². The van der Waals surface area contributed by atoms with Gasteiger partial charge in [-0.05, 0) is 127 Å². The van der Waals surface area contributed by atoms with Gasteiger partial charge in [-0.25, -0.2) is 15.0 Å². The van der Waals surface area contributed by atoms with E-state index in [0.29, 0.717) is 10.8 Å². The average molecular weight is 829 g/mol. The molecule has 0 saturated carbocycles. The van der Waals surface area contributed by atoms with Gasteiger partial charge in [0.05, 0.1) is 16.6 Å². The van der Waals surface area contributed by atoms with E-state index in [1.165, 1.54) is 22.1 Å². The van der Waals surface area contributed by atoms with Crippen molar-refractivity contribution in [3.63, 3.8) is 0 Å². The molecule has 0 fully saturated rings. The molecule has 0 radical (unpaired) electrons. The molecule has 0 bridgehead atoms. The van der Waals surface area contributed by atoms with Crippen molar-refractivity contribution >= 4 is 79.1 Å². The van der Waals surface area contributed by atoms with Gasteiger partial charge in [-0.1, -0.05) is 114 Å². The van der Waals surface area contributed by atoms with Gasteiger partial charge in [0.2, 0.25) is 0 Å².